The third-order valence-electron chi connectivity index (χ3n) is 7.92. The van der Waals surface area contributed by atoms with E-state index in [0.717, 1.165) is 45.6 Å². The molecule has 0 bridgehead atoms. The first-order valence-corrected chi connectivity index (χ1v) is 14.5. The van der Waals surface area contributed by atoms with Crippen molar-refractivity contribution in [1.29, 1.82) is 0 Å². The summed E-state index contributed by atoms with van der Waals surface area (Å²) in [5.41, 5.74) is 11.8. The minimum absolute atomic E-state index is 0.986. The van der Waals surface area contributed by atoms with Gasteiger partial charge in [-0.1, -0.05) is 30.3 Å². The molecule has 0 N–H and O–H groups in total. The van der Waals surface area contributed by atoms with Gasteiger partial charge in [0.25, 0.3) is 0 Å². The summed E-state index contributed by atoms with van der Waals surface area (Å²) in [6.07, 6.45) is 6.99. The number of allylic oxidation sites excluding steroid dienone is 3. The zero-order valence-electron chi connectivity index (χ0n) is 24.3. The first-order valence-electron chi connectivity index (χ1n) is 14.5. The van der Waals surface area contributed by atoms with Gasteiger partial charge in [-0.05, 0) is 129 Å². The Bertz CT molecular complexity index is 1280. The van der Waals surface area contributed by atoms with Crippen molar-refractivity contribution in [3.05, 3.63) is 90.1 Å². The van der Waals surface area contributed by atoms with Crippen molar-refractivity contribution >= 4 is 16.9 Å². The van der Waals surface area contributed by atoms with Crippen molar-refractivity contribution in [2.45, 2.75) is 47.5 Å². The van der Waals surface area contributed by atoms with Crippen LogP contribution in [0, 0.1) is 0 Å². The van der Waals surface area contributed by atoms with Gasteiger partial charge in [0.05, 0.1) is 0 Å². The van der Waals surface area contributed by atoms with E-state index in [-0.39, 0.29) is 0 Å². The largest absolute Gasteiger partial charge is 0.375 e. The van der Waals surface area contributed by atoms with Gasteiger partial charge in [0.1, 0.15) is 0 Å². The molecule has 4 rings (SSSR count). The Morgan fingerprint density at radius 3 is 1.71 bits per heavy atom. The van der Waals surface area contributed by atoms with Crippen molar-refractivity contribution in [2.75, 3.05) is 49.6 Å². The fourth-order valence-electron chi connectivity index (χ4n) is 5.44. The van der Waals surface area contributed by atoms with E-state index in [1.165, 1.54) is 50.5 Å². The van der Waals surface area contributed by atoms with E-state index in [2.05, 4.69) is 135 Å². The molecule has 0 amide bonds. The molecule has 3 aromatic carbocycles. The van der Waals surface area contributed by atoms with Crippen LogP contribution < -0.4 is 9.80 Å². The molecule has 3 heteroatoms. The quantitative estimate of drug-likeness (QED) is 0.257. The predicted octanol–water partition coefficient (Wildman–Crippen LogP) is 8.73. The monoisotopic (exact) mass is 507 g/mol. The van der Waals surface area contributed by atoms with E-state index >= 15 is 0 Å². The Morgan fingerprint density at radius 1 is 0.579 bits per heavy atom. The lowest BCUT2D eigenvalue weighted by Gasteiger charge is -2.26. The molecule has 0 unspecified atom stereocenters. The molecule has 0 spiro atoms. The van der Waals surface area contributed by atoms with Gasteiger partial charge in [-0.3, -0.25) is 0 Å². The third kappa shape index (κ3) is 6.15. The lowest BCUT2D eigenvalue weighted by Crippen LogP contribution is -2.22. The fourth-order valence-corrected chi connectivity index (χ4v) is 5.44. The van der Waals surface area contributed by atoms with E-state index in [9.17, 15) is 0 Å². The van der Waals surface area contributed by atoms with Crippen LogP contribution in [0.15, 0.2) is 84.6 Å². The number of rotatable bonds is 11. The average Bonchev–Trinajstić information content (AvgIpc) is 2.98. The summed E-state index contributed by atoms with van der Waals surface area (Å²) in [5, 5.41) is 0. The van der Waals surface area contributed by atoms with E-state index in [1.54, 1.807) is 0 Å². The van der Waals surface area contributed by atoms with Gasteiger partial charge in [-0.15, -0.1) is 0 Å². The number of likely N-dealkylation sites (N-methyl/N-ethyl adjacent to an activating group) is 1. The van der Waals surface area contributed by atoms with Crippen LogP contribution in [-0.2, 0) is 0 Å². The van der Waals surface area contributed by atoms with Gasteiger partial charge < -0.3 is 14.7 Å². The fraction of sp³-hybridized carbons (Fsp3) is 0.371. The van der Waals surface area contributed by atoms with Crippen LogP contribution in [0.25, 0.3) is 27.8 Å². The maximum absolute atomic E-state index is 2.46. The van der Waals surface area contributed by atoms with Crippen molar-refractivity contribution in [3.8, 4) is 22.3 Å². The first-order chi connectivity index (χ1) is 18.5. The van der Waals surface area contributed by atoms with Crippen LogP contribution in [0.4, 0.5) is 11.4 Å². The molecule has 1 aliphatic rings. The Kier molecular flexibility index (Phi) is 9.33. The average molecular weight is 508 g/mol. The molecule has 3 aromatic rings. The summed E-state index contributed by atoms with van der Waals surface area (Å²) in [4.78, 5) is 7.18. The van der Waals surface area contributed by atoms with E-state index in [4.69, 9.17) is 0 Å². The summed E-state index contributed by atoms with van der Waals surface area (Å²) in [7, 11) is 2.16. The maximum atomic E-state index is 2.46. The number of hydrogen-bond acceptors (Lipinski definition) is 3. The Morgan fingerprint density at radius 2 is 1.13 bits per heavy atom. The van der Waals surface area contributed by atoms with E-state index in [0.29, 0.717) is 0 Å². The highest BCUT2D eigenvalue weighted by Crippen LogP contribution is 2.36. The molecule has 200 valence electrons. The lowest BCUT2D eigenvalue weighted by atomic mass is 9.89. The second-order valence-corrected chi connectivity index (χ2v) is 10.1. The molecule has 38 heavy (non-hydrogen) atoms. The number of hydrogen-bond donors (Lipinski definition) is 0. The van der Waals surface area contributed by atoms with E-state index < -0.39 is 0 Å². The summed E-state index contributed by atoms with van der Waals surface area (Å²) in [6.45, 7) is 16.2. The van der Waals surface area contributed by atoms with Crippen LogP contribution in [0.2, 0.25) is 0 Å². The molecule has 0 aliphatic heterocycles. The van der Waals surface area contributed by atoms with Gasteiger partial charge in [-0.2, -0.15) is 0 Å². The second kappa shape index (κ2) is 12.9. The lowest BCUT2D eigenvalue weighted by molar-refractivity contribution is 0.392. The normalized spacial score (nSPS) is 13.1. The van der Waals surface area contributed by atoms with Gasteiger partial charge in [-0.25, -0.2) is 0 Å². The van der Waals surface area contributed by atoms with Crippen LogP contribution in [-0.4, -0.2) is 44.7 Å². The molecule has 0 saturated heterocycles. The van der Waals surface area contributed by atoms with Gasteiger partial charge >= 0.3 is 0 Å². The molecule has 0 heterocycles. The van der Waals surface area contributed by atoms with Gasteiger partial charge in [0, 0.05) is 56.8 Å². The molecule has 1 aliphatic carbocycles. The minimum Gasteiger partial charge on any atom is -0.375 e. The van der Waals surface area contributed by atoms with Crippen LogP contribution in [0.3, 0.4) is 0 Å². The molecule has 3 nitrogen and oxygen atoms in total. The highest BCUT2D eigenvalue weighted by atomic mass is 15.1. The smallest absolute Gasteiger partial charge is 0.0372 e. The summed E-state index contributed by atoms with van der Waals surface area (Å²) < 4.78 is 0. The molecule has 0 saturated carbocycles. The summed E-state index contributed by atoms with van der Waals surface area (Å²) in [6, 6.07) is 25.2. The molecule has 0 atom stereocenters. The summed E-state index contributed by atoms with van der Waals surface area (Å²) >= 11 is 0. The zero-order valence-corrected chi connectivity index (χ0v) is 24.3. The Hall–Kier alpha value is -3.46. The highest BCUT2D eigenvalue weighted by molar-refractivity contribution is 5.82. The number of benzene rings is 3. The molecular formula is C35H45N3. The van der Waals surface area contributed by atoms with E-state index in [1.807, 2.05) is 0 Å². The van der Waals surface area contributed by atoms with Gasteiger partial charge in [0.2, 0.25) is 0 Å². The van der Waals surface area contributed by atoms with Crippen LogP contribution >= 0.6 is 0 Å². The minimum atomic E-state index is 0.986. The second-order valence-electron chi connectivity index (χ2n) is 10.1. The van der Waals surface area contributed by atoms with Crippen LogP contribution in [0.1, 0.15) is 53.0 Å². The maximum Gasteiger partial charge on any atom is 0.0372 e. The molecule has 0 fully saturated rings. The first kappa shape index (κ1) is 27.6. The Balaban J connectivity index is 1.86. The predicted molar refractivity (Wildman–Crippen MR) is 168 cm³/mol. The van der Waals surface area contributed by atoms with Crippen LogP contribution in [0.5, 0.6) is 0 Å². The highest BCUT2D eigenvalue weighted by Gasteiger charge is 2.15. The van der Waals surface area contributed by atoms with Crippen molar-refractivity contribution in [2.24, 2.45) is 0 Å². The molecule has 0 aromatic heterocycles. The van der Waals surface area contributed by atoms with Crippen molar-refractivity contribution in [1.82, 2.24) is 4.90 Å². The summed E-state index contributed by atoms with van der Waals surface area (Å²) in [5.74, 6) is 0. The number of nitrogens with zero attached hydrogens (tertiary/aromatic N) is 3. The van der Waals surface area contributed by atoms with Crippen molar-refractivity contribution < 1.29 is 0 Å². The zero-order chi connectivity index (χ0) is 27.1. The molecule has 0 radical (unpaired) electrons. The topological polar surface area (TPSA) is 9.72 Å². The van der Waals surface area contributed by atoms with Gasteiger partial charge in [0.15, 0.2) is 0 Å². The third-order valence-corrected chi connectivity index (χ3v) is 7.92. The number of anilines is 2. The Labute approximate surface area is 231 Å². The SMILES string of the molecule is CCN(CC)C1=CCCC(c2cc(-c3cccc(N(C)CC)c3)cc(-c3cccc(N(CC)CC)c3)c2)=C1. The molecular weight excluding hydrogens is 462 g/mol. The standard InChI is InChI=1S/C35H45N3/c1-7-36(6)33-18-12-15-27(24-33)30-21-31(28-16-13-19-34(25-28)37(8-2)9-3)23-32(22-30)29-17-14-20-35(26-29)38(10-4)11-5/h12-13,15-16,18-26H,7-11,14,17H2,1-6H3. The van der Waals surface area contributed by atoms with Crippen molar-refractivity contribution in [3.63, 3.8) is 0 Å².